The van der Waals surface area contributed by atoms with Crippen LogP contribution in [0.4, 0.5) is 0 Å². The minimum atomic E-state index is 0.169. The maximum Gasteiger partial charge on any atom is 0.234 e. The van der Waals surface area contributed by atoms with E-state index < -0.39 is 0 Å². The van der Waals surface area contributed by atoms with Crippen LogP contribution in [-0.2, 0) is 4.79 Å². The molecular weight excluding hydrogens is 238 g/mol. The summed E-state index contributed by atoms with van der Waals surface area (Å²) in [5.74, 6) is 0.687. The van der Waals surface area contributed by atoms with Crippen LogP contribution in [0, 0.1) is 5.92 Å². The molecule has 19 heavy (non-hydrogen) atoms. The van der Waals surface area contributed by atoms with Gasteiger partial charge in [0.25, 0.3) is 0 Å². The van der Waals surface area contributed by atoms with Crippen molar-refractivity contribution >= 4 is 5.91 Å². The molecule has 4 heteroatoms. The minimum absolute atomic E-state index is 0.169. The van der Waals surface area contributed by atoms with E-state index in [0.29, 0.717) is 18.5 Å². The van der Waals surface area contributed by atoms with E-state index in [1.54, 1.807) is 0 Å². The molecule has 0 aromatic rings. The molecule has 0 aromatic carbocycles. The van der Waals surface area contributed by atoms with Crippen LogP contribution in [0.1, 0.15) is 46.5 Å². The molecular formula is C15H31N3O. The summed E-state index contributed by atoms with van der Waals surface area (Å²) in [6, 6.07) is 0.578. The number of carbonyl (C=O) groups is 1. The molecule has 2 N–H and O–H groups in total. The summed E-state index contributed by atoms with van der Waals surface area (Å²) in [5.41, 5.74) is 0. The maximum atomic E-state index is 11.9. The van der Waals surface area contributed by atoms with Crippen LogP contribution in [0.2, 0.25) is 0 Å². The summed E-state index contributed by atoms with van der Waals surface area (Å²) < 4.78 is 0. The fraction of sp³-hybridized carbons (Fsp3) is 0.933. The fourth-order valence-electron chi connectivity index (χ4n) is 2.42. The summed E-state index contributed by atoms with van der Waals surface area (Å²) in [6.07, 6.45) is 4.87. The third-order valence-electron chi connectivity index (χ3n) is 3.54. The van der Waals surface area contributed by atoms with Gasteiger partial charge in [-0.05, 0) is 38.3 Å². The van der Waals surface area contributed by atoms with Gasteiger partial charge in [0.15, 0.2) is 0 Å². The first kappa shape index (κ1) is 16.4. The van der Waals surface area contributed by atoms with Crippen LogP contribution in [0.5, 0.6) is 0 Å². The topological polar surface area (TPSA) is 44.4 Å². The second kappa shape index (κ2) is 9.32. The van der Waals surface area contributed by atoms with Crippen LogP contribution in [0.15, 0.2) is 0 Å². The van der Waals surface area contributed by atoms with E-state index in [9.17, 15) is 4.79 Å². The van der Waals surface area contributed by atoms with Crippen molar-refractivity contribution in [1.29, 1.82) is 0 Å². The molecule has 0 saturated carbocycles. The van der Waals surface area contributed by atoms with Gasteiger partial charge in [0, 0.05) is 19.1 Å². The van der Waals surface area contributed by atoms with Crippen LogP contribution in [-0.4, -0.2) is 49.6 Å². The Morgan fingerprint density at radius 2 is 2.26 bits per heavy atom. The lowest BCUT2D eigenvalue weighted by atomic mass is 10.2. The second-order valence-corrected chi connectivity index (χ2v) is 6.08. The number of nitrogens with one attached hydrogen (secondary N) is 2. The first-order chi connectivity index (χ1) is 9.11. The monoisotopic (exact) mass is 269 g/mol. The van der Waals surface area contributed by atoms with Gasteiger partial charge in [-0.3, -0.25) is 9.69 Å². The zero-order chi connectivity index (χ0) is 14.1. The lowest BCUT2D eigenvalue weighted by molar-refractivity contribution is -0.122. The SMILES string of the molecule is CCCCN(CC(=O)NCC(C)C)CC1CCCN1. The van der Waals surface area contributed by atoms with Crippen molar-refractivity contribution < 1.29 is 4.79 Å². The van der Waals surface area contributed by atoms with E-state index in [-0.39, 0.29) is 5.91 Å². The average Bonchev–Trinajstić information content (AvgIpc) is 2.86. The lowest BCUT2D eigenvalue weighted by Crippen LogP contribution is -2.44. The molecule has 0 bridgehead atoms. The molecule has 1 fully saturated rings. The highest BCUT2D eigenvalue weighted by Gasteiger charge is 2.19. The van der Waals surface area contributed by atoms with E-state index in [1.807, 2.05) is 0 Å². The number of unbranched alkanes of at least 4 members (excludes halogenated alkanes) is 1. The van der Waals surface area contributed by atoms with Crippen molar-refractivity contribution in [2.24, 2.45) is 5.92 Å². The van der Waals surface area contributed by atoms with Gasteiger partial charge in [-0.2, -0.15) is 0 Å². The highest BCUT2D eigenvalue weighted by atomic mass is 16.2. The van der Waals surface area contributed by atoms with Gasteiger partial charge in [0.05, 0.1) is 6.54 Å². The fourth-order valence-corrected chi connectivity index (χ4v) is 2.42. The van der Waals surface area contributed by atoms with Crippen LogP contribution >= 0.6 is 0 Å². The molecule has 0 aliphatic carbocycles. The largest absolute Gasteiger partial charge is 0.355 e. The van der Waals surface area contributed by atoms with Gasteiger partial charge < -0.3 is 10.6 Å². The molecule has 0 spiro atoms. The van der Waals surface area contributed by atoms with E-state index in [1.165, 1.54) is 25.7 Å². The van der Waals surface area contributed by atoms with Crippen molar-refractivity contribution in [3.8, 4) is 0 Å². The molecule has 1 atom stereocenters. The summed E-state index contributed by atoms with van der Waals surface area (Å²) in [5, 5.41) is 6.53. The van der Waals surface area contributed by atoms with Crippen LogP contribution < -0.4 is 10.6 Å². The van der Waals surface area contributed by atoms with Gasteiger partial charge >= 0.3 is 0 Å². The Labute approximate surface area is 118 Å². The zero-order valence-corrected chi connectivity index (χ0v) is 12.9. The molecule has 1 unspecified atom stereocenters. The Morgan fingerprint density at radius 3 is 2.84 bits per heavy atom. The molecule has 112 valence electrons. The van der Waals surface area contributed by atoms with Crippen molar-refractivity contribution in [1.82, 2.24) is 15.5 Å². The molecule has 0 aromatic heterocycles. The highest BCUT2D eigenvalue weighted by molar-refractivity contribution is 5.78. The van der Waals surface area contributed by atoms with Crippen LogP contribution in [0.25, 0.3) is 0 Å². The van der Waals surface area contributed by atoms with Crippen molar-refractivity contribution in [2.45, 2.75) is 52.5 Å². The van der Waals surface area contributed by atoms with Gasteiger partial charge in [-0.15, -0.1) is 0 Å². The predicted octanol–water partition coefficient (Wildman–Crippen LogP) is 1.61. The normalized spacial score (nSPS) is 19.3. The van der Waals surface area contributed by atoms with Crippen molar-refractivity contribution in [3.63, 3.8) is 0 Å². The maximum absolute atomic E-state index is 11.9. The van der Waals surface area contributed by atoms with Gasteiger partial charge in [-0.1, -0.05) is 27.2 Å². The zero-order valence-electron chi connectivity index (χ0n) is 12.9. The average molecular weight is 269 g/mol. The number of rotatable bonds is 9. The lowest BCUT2D eigenvalue weighted by Gasteiger charge is -2.25. The third-order valence-corrected chi connectivity index (χ3v) is 3.54. The Bertz CT molecular complexity index is 250. The van der Waals surface area contributed by atoms with E-state index in [2.05, 4.69) is 36.3 Å². The molecule has 1 aliphatic rings. The van der Waals surface area contributed by atoms with Crippen molar-refractivity contribution in [3.05, 3.63) is 0 Å². The third kappa shape index (κ3) is 7.53. The van der Waals surface area contributed by atoms with Crippen molar-refractivity contribution in [2.75, 3.05) is 32.7 Å². The number of hydrogen-bond acceptors (Lipinski definition) is 3. The predicted molar refractivity (Wildman–Crippen MR) is 80.2 cm³/mol. The molecule has 1 rings (SSSR count). The summed E-state index contributed by atoms with van der Waals surface area (Å²) >= 11 is 0. The first-order valence-electron chi connectivity index (χ1n) is 7.84. The first-order valence-corrected chi connectivity index (χ1v) is 7.84. The van der Waals surface area contributed by atoms with E-state index >= 15 is 0 Å². The van der Waals surface area contributed by atoms with Crippen LogP contribution in [0.3, 0.4) is 0 Å². The van der Waals surface area contributed by atoms with E-state index in [0.717, 1.165) is 26.2 Å². The Balaban J connectivity index is 2.32. The standard InChI is InChI=1S/C15H31N3O/c1-4-5-9-18(11-14-7-6-8-16-14)12-15(19)17-10-13(2)3/h13-14,16H,4-12H2,1-3H3,(H,17,19). The van der Waals surface area contributed by atoms with Gasteiger partial charge in [-0.25, -0.2) is 0 Å². The summed E-state index contributed by atoms with van der Waals surface area (Å²) in [6.45, 7) is 10.9. The highest BCUT2D eigenvalue weighted by Crippen LogP contribution is 2.07. The molecule has 4 nitrogen and oxygen atoms in total. The number of amides is 1. The number of hydrogen-bond donors (Lipinski definition) is 2. The van der Waals surface area contributed by atoms with Gasteiger partial charge in [0.2, 0.25) is 5.91 Å². The molecule has 1 heterocycles. The minimum Gasteiger partial charge on any atom is -0.355 e. The quantitative estimate of drug-likeness (QED) is 0.668. The summed E-state index contributed by atoms with van der Waals surface area (Å²) in [4.78, 5) is 14.2. The van der Waals surface area contributed by atoms with E-state index in [4.69, 9.17) is 0 Å². The molecule has 1 amide bonds. The molecule has 0 radical (unpaired) electrons. The summed E-state index contributed by atoms with van der Waals surface area (Å²) in [7, 11) is 0. The Kier molecular flexibility index (Phi) is 8.07. The second-order valence-electron chi connectivity index (χ2n) is 6.08. The number of carbonyl (C=O) groups excluding carboxylic acids is 1. The smallest absolute Gasteiger partial charge is 0.234 e. The molecule has 1 saturated heterocycles. The Hall–Kier alpha value is -0.610. The number of nitrogens with zero attached hydrogens (tertiary/aromatic N) is 1. The molecule has 1 aliphatic heterocycles. The Morgan fingerprint density at radius 1 is 1.47 bits per heavy atom. The van der Waals surface area contributed by atoms with Gasteiger partial charge in [0.1, 0.15) is 0 Å².